The Hall–Kier alpha value is -0.150. The van der Waals surface area contributed by atoms with Crippen LogP contribution in [0.2, 0.25) is 0 Å². The lowest BCUT2D eigenvalue weighted by atomic mass is 10.3. The van der Waals surface area contributed by atoms with Crippen LogP contribution >= 0.6 is 27.7 Å². The maximum absolute atomic E-state index is 3.45. The highest BCUT2D eigenvalue weighted by Gasteiger charge is 1.95. The first-order chi connectivity index (χ1) is 6.68. The van der Waals surface area contributed by atoms with E-state index >= 15 is 0 Å². The van der Waals surface area contributed by atoms with Gasteiger partial charge in [0, 0.05) is 22.5 Å². The van der Waals surface area contributed by atoms with Gasteiger partial charge in [-0.3, -0.25) is 0 Å². The van der Waals surface area contributed by atoms with Gasteiger partial charge >= 0.3 is 0 Å². The highest BCUT2D eigenvalue weighted by molar-refractivity contribution is 9.10. The molecule has 0 unspecified atom stereocenters. The van der Waals surface area contributed by atoms with Crippen LogP contribution in [0.15, 0.2) is 28.7 Å². The van der Waals surface area contributed by atoms with Gasteiger partial charge in [-0.05, 0) is 23.4 Å². The molecular weight excluding hydrogens is 258 g/mol. The van der Waals surface area contributed by atoms with Gasteiger partial charge in [0.25, 0.3) is 0 Å². The Morgan fingerprint density at radius 1 is 1.43 bits per heavy atom. The molecule has 0 bridgehead atoms. The first-order valence-corrected chi connectivity index (χ1v) is 6.63. The Morgan fingerprint density at radius 3 is 2.86 bits per heavy atom. The van der Waals surface area contributed by atoms with Crippen molar-refractivity contribution in [1.82, 2.24) is 0 Å². The second-order valence-corrected chi connectivity index (χ2v) is 5.96. The van der Waals surface area contributed by atoms with E-state index in [1.807, 2.05) is 23.9 Å². The lowest BCUT2D eigenvalue weighted by Crippen LogP contribution is -2.05. The van der Waals surface area contributed by atoms with Crippen molar-refractivity contribution in [2.45, 2.75) is 19.1 Å². The minimum Gasteiger partial charge on any atom is -0.384 e. The summed E-state index contributed by atoms with van der Waals surface area (Å²) in [5.74, 6) is 1.16. The number of thioether (sulfide) groups is 1. The van der Waals surface area contributed by atoms with E-state index in [9.17, 15) is 0 Å². The number of benzene rings is 1. The summed E-state index contributed by atoms with van der Waals surface area (Å²) in [6.07, 6.45) is 0. The van der Waals surface area contributed by atoms with Crippen molar-refractivity contribution in [3.05, 3.63) is 28.7 Å². The lowest BCUT2D eigenvalue weighted by Gasteiger charge is -2.07. The van der Waals surface area contributed by atoms with Crippen LogP contribution in [0.4, 0.5) is 5.69 Å². The predicted molar refractivity (Wildman–Crippen MR) is 70.2 cm³/mol. The molecule has 0 atom stereocenters. The summed E-state index contributed by atoms with van der Waals surface area (Å²) in [6, 6.07) is 8.26. The standard InChI is InChI=1S/C11H16BrNS/c1-9(2)14-7-6-13-11-5-3-4-10(12)8-11/h3-5,8-9,13H,6-7H2,1-2H3. The molecule has 0 radical (unpaired) electrons. The first-order valence-electron chi connectivity index (χ1n) is 4.79. The summed E-state index contributed by atoms with van der Waals surface area (Å²) < 4.78 is 1.12. The highest BCUT2D eigenvalue weighted by Crippen LogP contribution is 2.16. The monoisotopic (exact) mass is 273 g/mol. The summed E-state index contributed by atoms with van der Waals surface area (Å²) >= 11 is 5.43. The summed E-state index contributed by atoms with van der Waals surface area (Å²) in [7, 11) is 0. The van der Waals surface area contributed by atoms with E-state index in [1.54, 1.807) is 0 Å². The zero-order valence-electron chi connectivity index (χ0n) is 8.59. The predicted octanol–water partition coefficient (Wildman–Crippen LogP) is 4.00. The molecule has 0 amide bonds. The van der Waals surface area contributed by atoms with Crippen molar-refractivity contribution < 1.29 is 0 Å². The molecule has 0 spiro atoms. The zero-order valence-corrected chi connectivity index (χ0v) is 11.0. The van der Waals surface area contributed by atoms with Crippen LogP contribution in [-0.2, 0) is 0 Å². The number of hydrogen-bond acceptors (Lipinski definition) is 2. The molecule has 0 aliphatic rings. The Labute approximate surface area is 98.8 Å². The third-order valence-electron chi connectivity index (χ3n) is 1.71. The molecule has 1 aromatic rings. The third-order valence-corrected chi connectivity index (χ3v) is 3.31. The molecule has 0 aliphatic heterocycles. The Morgan fingerprint density at radius 2 is 2.21 bits per heavy atom. The van der Waals surface area contributed by atoms with E-state index in [0.29, 0.717) is 0 Å². The number of hydrogen-bond donors (Lipinski definition) is 1. The van der Waals surface area contributed by atoms with Gasteiger partial charge in [0.1, 0.15) is 0 Å². The SMILES string of the molecule is CC(C)SCCNc1cccc(Br)c1. The average molecular weight is 274 g/mol. The highest BCUT2D eigenvalue weighted by atomic mass is 79.9. The molecule has 0 saturated carbocycles. The summed E-state index contributed by atoms with van der Waals surface area (Å²) in [6.45, 7) is 5.48. The fraction of sp³-hybridized carbons (Fsp3) is 0.455. The van der Waals surface area contributed by atoms with Crippen molar-refractivity contribution >= 4 is 33.4 Å². The van der Waals surface area contributed by atoms with E-state index in [0.717, 1.165) is 22.0 Å². The van der Waals surface area contributed by atoms with Crippen LogP contribution in [-0.4, -0.2) is 17.5 Å². The molecule has 14 heavy (non-hydrogen) atoms. The number of anilines is 1. The van der Waals surface area contributed by atoms with Gasteiger partial charge in [-0.25, -0.2) is 0 Å². The molecule has 1 nitrogen and oxygen atoms in total. The molecule has 3 heteroatoms. The van der Waals surface area contributed by atoms with Crippen LogP contribution in [0.5, 0.6) is 0 Å². The van der Waals surface area contributed by atoms with Crippen molar-refractivity contribution in [1.29, 1.82) is 0 Å². The molecule has 0 aliphatic carbocycles. The van der Waals surface area contributed by atoms with Crippen molar-refractivity contribution in [3.8, 4) is 0 Å². The molecule has 0 heterocycles. The largest absolute Gasteiger partial charge is 0.384 e. The zero-order chi connectivity index (χ0) is 10.4. The van der Waals surface area contributed by atoms with Crippen LogP contribution in [0, 0.1) is 0 Å². The van der Waals surface area contributed by atoms with Crippen molar-refractivity contribution in [2.24, 2.45) is 0 Å². The van der Waals surface area contributed by atoms with E-state index in [2.05, 4.69) is 47.2 Å². The Balaban J connectivity index is 2.25. The second kappa shape index (κ2) is 6.36. The molecule has 0 saturated heterocycles. The summed E-state index contributed by atoms with van der Waals surface area (Å²) in [5.41, 5.74) is 1.18. The topological polar surface area (TPSA) is 12.0 Å². The fourth-order valence-electron chi connectivity index (χ4n) is 1.09. The van der Waals surface area contributed by atoms with Gasteiger partial charge in [-0.15, -0.1) is 0 Å². The summed E-state index contributed by atoms with van der Waals surface area (Å²) in [5, 5.41) is 4.11. The number of halogens is 1. The van der Waals surface area contributed by atoms with E-state index in [1.165, 1.54) is 5.69 Å². The third kappa shape index (κ3) is 4.91. The quantitative estimate of drug-likeness (QED) is 0.814. The minimum absolute atomic E-state index is 0.722. The van der Waals surface area contributed by atoms with Crippen molar-refractivity contribution in [2.75, 3.05) is 17.6 Å². The smallest absolute Gasteiger partial charge is 0.0351 e. The number of rotatable bonds is 5. The normalized spacial score (nSPS) is 10.6. The summed E-state index contributed by atoms with van der Waals surface area (Å²) in [4.78, 5) is 0. The van der Waals surface area contributed by atoms with Gasteiger partial charge in [-0.2, -0.15) is 11.8 Å². The van der Waals surface area contributed by atoms with E-state index in [-0.39, 0.29) is 0 Å². The van der Waals surface area contributed by atoms with Gasteiger partial charge in [0.2, 0.25) is 0 Å². The molecule has 0 aromatic heterocycles. The second-order valence-electron chi connectivity index (χ2n) is 3.36. The fourth-order valence-corrected chi connectivity index (χ4v) is 2.18. The Kier molecular flexibility index (Phi) is 5.41. The van der Waals surface area contributed by atoms with E-state index in [4.69, 9.17) is 0 Å². The molecule has 78 valence electrons. The first kappa shape index (κ1) is 11.9. The van der Waals surface area contributed by atoms with Gasteiger partial charge in [0.15, 0.2) is 0 Å². The lowest BCUT2D eigenvalue weighted by molar-refractivity contribution is 1.10. The Bertz CT molecular complexity index is 276. The van der Waals surface area contributed by atoms with Crippen LogP contribution in [0.3, 0.4) is 0 Å². The number of nitrogens with one attached hydrogen (secondary N) is 1. The van der Waals surface area contributed by atoms with Gasteiger partial charge < -0.3 is 5.32 Å². The van der Waals surface area contributed by atoms with Gasteiger partial charge in [0.05, 0.1) is 0 Å². The maximum Gasteiger partial charge on any atom is 0.0351 e. The van der Waals surface area contributed by atoms with Crippen molar-refractivity contribution in [3.63, 3.8) is 0 Å². The minimum atomic E-state index is 0.722. The van der Waals surface area contributed by atoms with Crippen LogP contribution in [0.25, 0.3) is 0 Å². The van der Waals surface area contributed by atoms with Gasteiger partial charge in [-0.1, -0.05) is 35.8 Å². The molecule has 1 N–H and O–H groups in total. The molecule has 0 fully saturated rings. The van der Waals surface area contributed by atoms with Crippen LogP contribution < -0.4 is 5.32 Å². The molecule has 1 aromatic carbocycles. The molecular formula is C11H16BrNS. The maximum atomic E-state index is 3.45. The van der Waals surface area contributed by atoms with Crippen LogP contribution in [0.1, 0.15) is 13.8 Å². The average Bonchev–Trinajstić information content (AvgIpc) is 2.12. The molecule has 1 rings (SSSR count). The van der Waals surface area contributed by atoms with E-state index < -0.39 is 0 Å².